The van der Waals surface area contributed by atoms with Gasteiger partial charge in [0.1, 0.15) is 6.67 Å². The monoisotopic (exact) mass is 288 g/mol. The number of anilines is 2. The van der Waals surface area contributed by atoms with Gasteiger partial charge in [0.25, 0.3) is 0 Å². The van der Waals surface area contributed by atoms with Crippen molar-refractivity contribution in [3.8, 4) is 0 Å². The maximum atomic E-state index is 5.56. The molecule has 0 N–H and O–H groups in total. The molecule has 1 fully saturated rings. The zero-order valence-corrected chi connectivity index (χ0v) is 11.8. The fraction of sp³-hybridized carbons (Fsp3) is 0.385. The number of ether oxygens (including phenoxy) is 2. The summed E-state index contributed by atoms with van der Waals surface area (Å²) in [5.41, 5.74) is 0. The van der Waals surface area contributed by atoms with Crippen LogP contribution in [0, 0.1) is 0 Å². The molecule has 0 amide bonds. The van der Waals surface area contributed by atoms with Gasteiger partial charge in [-0.1, -0.05) is 0 Å². The molecule has 3 heterocycles. The second-order valence-corrected chi connectivity index (χ2v) is 4.43. The van der Waals surface area contributed by atoms with Crippen LogP contribution in [0.25, 0.3) is 0 Å². The molecule has 3 rings (SSSR count). The Hall–Kier alpha value is -2.32. The maximum Gasteiger partial charge on any atom is 0.228 e. The summed E-state index contributed by atoms with van der Waals surface area (Å²) in [7, 11) is 3.25. The highest BCUT2D eigenvalue weighted by atomic mass is 16.6. The SMILES string of the molecule is CO[C@@H]1[C@@H](OC)N(c2ncccn2)CN1c1ncccn1. The Morgan fingerprint density at radius 1 is 0.810 bits per heavy atom. The van der Waals surface area contributed by atoms with Crippen molar-refractivity contribution in [3.63, 3.8) is 0 Å². The van der Waals surface area contributed by atoms with Crippen LogP contribution in [-0.2, 0) is 9.47 Å². The Kier molecular flexibility index (Phi) is 3.89. The summed E-state index contributed by atoms with van der Waals surface area (Å²) in [4.78, 5) is 20.9. The highest BCUT2D eigenvalue weighted by Gasteiger charge is 2.43. The first-order chi connectivity index (χ1) is 10.3. The second-order valence-electron chi connectivity index (χ2n) is 4.43. The summed E-state index contributed by atoms with van der Waals surface area (Å²) in [6, 6.07) is 3.54. The third-order valence-corrected chi connectivity index (χ3v) is 3.26. The molecule has 0 bridgehead atoms. The standard InChI is InChI=1S/C13H16N6O2/c1-20-10-11(21-2)19(13-16-7-4-8-17-13)9-18(10)12-14-5-3-6-15-12/h3-8,10-11H,9H2,1-2H3/t10-,11-/m1/s1. The van der Waals surface area contributed by atoms with Crippen molar-refractivity contribution >= 4 is 11.9 Å². The molecule has 0 aromatic carbocycles. The summed E-state index contributed by atoms with van der Waals surface area (Å²) >= 11 is 0. The van der Waals surface area contributed by atoms with E-state index in [-0.39, 0.29) is 12.5 Å². The van der Waals surface area contributed by atoms with E-state index in [4.69, 9.17) is 9.47 Å². The van der Waals surface area contributed by atoms with Crippen molar-refractivity contribution in [1.29, 1.82) is 0 Å². The number of aromatic nitrogens is 4. The summed E-state index contributed by atoms with van der Waals surface area (Å²) in [6.07, 6.45) is 6.08. The number of rotatable bonds is 4. The Morgan fingerprint density at radius 2 is 1.19 bits per heavy atom. The predicted molar refractivity (Wildman–Crippen MR) is 75.5 cm³/mol. The van der Waals surface area contributed by atoms with Gasteiger partial charge in [0.15, 0.2) is 12.5 Å². The van der Waals surface area contributed by atoms with Gasteiger partial charge in [-0.25, -0.2) is 19.9 Å². The molecule has 21 heavy (non-hydrogen) atoms. The van der Waals surface area contributed by atoms with E-state index in [1.807, 2.05) is 9.80 Å². The van der Waals surface area contributed by atoms with E-state index in [9.17, 15) is 0 Å². The molecule has 8 nitrogen and oxygen atoms in total. The molecule has 2 aromatic rings. The fourth-order valence-corrected chi connectivity index (χ4v) is 2.35. The van der Waals surface area contributed by atoms with E-state index in [2.05, 4.69) is 19.9 Å². The van der Waals surface area contributed by atoms with Crippen LogP contribution in [0.2, 0.25) is 0 Å². The Morgan fingerprint density at radius 3 is 1.52 bits per heavy atom. The molecule has 1 saturated heterocycles. The van der Waals surface area contributed by atoms with Crippen molar-refractivity contribution in [2.75, 3.05) is 30.7 Å². The quantitative estimate of drug-likeness (QED) is 0.805. The predicted octanol–water partition coefficient (Wildman–Crippen LogP) is 0.496. The first-order valence-corrected chi connectivity index (χ1v) is 6.48. The molecule has 2 aromatic heterocycles. The smallest absolute Gasteiger partial charge is 0.228 e. The highest BCUT2D eigenvalue weighted by Crippen LogP contribution is 2.28. The van der Waals surface area contributed by atoms with Crippen molar-refractivity contribution in [1.82, 2.24) is 19.9 Å². The van der Waals surface area contributed by atoms with Crippen LogP contribution >= 0.6 is 0 Å². The molecule has 0 aliphatic carbocycles. The van der Waals surface area contributed by atoms with Crippen LogP contribution in [0.15, 0.2) is 36.9 Å². The lowest BCUT2D eigenvalue weighted by Crippen LogP contribution is -2.41. The molecular weight excluding hydrogens is 272 g/mol. The van der Waals surface area contributed by atoms with Gasteiger partial charge in [-0.3, -0.25) is 9.80 Å². The minimum Gasteiger partial charge on any atom is -0.357 e. The van der Waals surface area contributed by atoms with Crippen LogP contribution in [0.3, 0.4) is 0 Å². The highest BCUT2D eigenvalue weighted by molar-refractivity contribution is 5.43. The van der Waals surface area contributed by atoms with Crippen LogP contribution in [0.4, 0.5) is 11.9 Å². The number of hydrogen-bond donors (Lipinski definition) is 0. The van der Waals surface area contributed by atoms with Gasteiger partial charge in [0.05, 0.1) is 0 Å². The average molecular weight is 288 g/mol. The minimum absolute atomic E-state index is 0.346. The van der Waals surface area contributed by atoms with Crippen molar-refractivity contribution in [2.45, 2.75) is 12.5 Å². The molecule has 0 radical (unpaired) electrons. The molecule has 110 valence electrons. The van der Waals surface area contributed by atoms with E-state index >= 15 is 0 Å². The second kappa shape index (κ2) is 5.98. The molecule has 0 saturated carbocycles. The molecular formula is C13H16N6O2. The Bertz CT molecular complexity index is 518. The third-order valence-electron chi connectivity index (χ3n) is 3.26. The summed E-state index contributed by atoms with van der Waals surface area (Å²) < 4.78 is 11.1. The van der Waals surface area contributed by atoms with Gasteiger partial charge >= 0.3 is 0 Å². The molecule has 2 atom stereocenters. The van der Waals surface area contributed by atoms with E-state index in [0.717, 1.165) is 0 Å². The fourth-order valence-electron chi connectivity index (χ4n) is 2.35. The summed E-state index contributed by atoms with van der Waals surface area (Å²) in [5.74, 6) is 1.15. The van der Waals surface area contributed by atoms with Crippen LogP contribution in [0.5, 0.6) is 0 Å². The third kappa shape index (κ3) is 2.50. The van der Waals surface area contributed by atoms with Crippen LogP contribution in [0.1, 0.15) is 0 Å². The normalized spacial score (nSPS) is 21.8. The zero-order valence-electron chi connectivity index (χ0n) is 11.8. The first kappa shape index (κ1) is 13.7. The van der Waals surface area contributed by atoms with Crippen LogP contribution < -0.4 is 9.80 Å². The van der Waals surface area contributed by atoms with E-state index < -0.39 is 0 Å². The number of hydrogen-bond acceptors (Lipinski definition) is 8. The van der Waals surface area contributed by atoms with Crippen molar-refractivity contribution in [3.05, 3.63) is 36.9 Å². The lowest BCUT2D eigenvalue weighted by molar-refractivity contribution is -0.0145. The molecule has 8 heteroatoms. The number of methoxy groups -OCH3 is 2. The van der Waals surface area contributed by atoms with Gasteiger partial charge in [-0.2, -0.15) is 0 Å². The molecule has 1 aliphatic rings. The van der Waals surface area contributed by atoms with Gasteiger partial charge in [0, 0.05) is 39.0 Å². The van der Waals surface area contributed by atoms with Crippen molar-refractivity contribution in [2.24, 2.45) is 0 Å². The lowest BCUT2D eigenvalue weighted by Gasteiger charge is -2.25. The van der Waals surface area contributed by atoms with Gasteiger partial charge in [-0.15, -0.1) is 0 Å². The van der Waals surface area contributed by atoms with Gasteiger partial charge < -0.3 is 9.47 Å². The first-order valence-electron chi connectivity index (χ1n) is 6.48. The largest absolute Gasteiger partial charge is 0.357 e. The zero-order chi connectivity index (χ0) is 14.7. The lowest BCUT2D eigenvalue weighted by atomic mass is 10.4. The average Bonchev–Trinajstić information content (AvgIpc) is 2.95. The van der Waals surface area contributed by atoms with E-state index in [0.29, 0.717) is 18.6 Å². The Balaban J connectivity index is 1.93. The van der Waals surface area contributed by atoms with Gasteiger partial charge in [0.2, 0.25) is 11.9 Å². The molecule has 0 unspecified atom stereocenters. The topological polar surface area (TPSA) is 76.5 Å². The van der Waals surface area contributed by atoms with Crippen LogP contribution in [-0.4, -0.2) is 53.3 Å². The molecule has 0 spiro atoms. The molecule has 1 aliphatic heterocycles. The Labute approximate surface area is 122 Å². The van der Waals surface area contributed by atoms with E-state index in [1.165, 1.54) is 0 Å². The van der Waals surface area contributed by atoms with Crippen molar-refractivity contribution < 1.29 is 9.47 Å². The number of nitrogens with zero attached hydrogens (tertiary/aromatic N) is 6. The summed E-state index contributed by atoms with van der Waals surface area (Å²) in [5, 5.41) is 0. The van der Waals surface area contributed by atoms with E-state index in [1.54, 1.807) is 51.1 Å². The minimum atomic E-state index is -0.346. The summed E-state index contributed by atoms with van der Waals surface area (Å²) in [6.45, 7) is 0.477. The maximum absolute atomic E-state index is 5.56. The van der Waals surface area contributed by atoms with Gasteiger partial charge in [-0.05, 0) is 12.1 Å².